The Balaban J connectivity index is 1.13. The van der Waals surface area contributed by atoms with E-state index in [0.29, 0.717) is 36.2 Å². The Bertz CT molecular complexity index is 1390. The maximum absolute atomic E-state index is 12.9. The van der Waals surface area contributed by atoms with E-state index in [-0.39, 0.29) is 24.8 Å². The van der Waals surface area contributed by atoms with E-state index in [0.717, 1.165) is 19.6 Å². The second-order valence-corrected chi connectivity index (χ2v) is 10.2. The van der Waals surface area contributed by atoms with Crippen LogP contribution in [0.1, 0.15) is 53.0 Å². The number of aromatic nitrogens is 2. The van der Waals surface area contributed by atoms with Gasteiger partial charge in [0.15, 0.2) is 0 Å². The van der Waals surface area contributed by atoms with Gasteiger partial charge in [0.2, 0.25) is 11.8 Å². The van der Waals surface area contributed by atoms with Gasteiger partial charge in [0.1, 0.15) is 11.6 Å². The number of pyridine rings is 1. The number of benzene rings is 1. The number of hydrogen-bond acceptors (Lipinski definition) is 6. The van der Waals surface area contributed by atoms with Crippen LogP contribution in [0.3, 0.4) is 0 Å². The average molecular weight is 488 g/mol. The molecule has 3 amide bonds. The zero-order chi connectivity index (χ0) is 25.0. The van der Waals surface area contributed by atoms with Gasteiger partial charge >= 0.3 is 0 Å². The molecule has 2 N–H and O–H groups in total. The molecular formula is C27H29N5O4. The fraction of sp³-hybridized carbons (Fsp3) is 0.407. The Kier molecular flexibility index (Phi) is 5.42. The number of carbonyl (C=O) groups excluding carboxylic acids is 3. The molecule has 2 fully saturated rings. The Labute approximate surface area is 208 Å². The second-order valence-electron chi connectivity index (χ2n) is 10.2. The molecule has 9 heteroatoms. The van der Waals surface area contributed by atoms with E-state index < -0.39 is 17.6 Å². The van der Waals surface area contributed by atoms with Gasteiger partial charge in [-0.05, 0) is 60.5 Å². The number of nitrogens with zero attached hydrogens (tertiary/aromatic N) is 4. The van der Waals surface area contributed by atoms with Crippen molar-refractivity contribution in [2.75, 3.05) is 13.1 Å². The zero-order valence-corrected chi connectivity index (χ0v) is 20.2. The van der Waals surface area contributed by atoms with Crippen LogP contribution in [0.4, 0.5) is 0 Å². The molecule has 6 rings (SSSR count). The van der Waals surface area contributed by atoms with E-state index in [9.17, 15) is 19.5 Å². The summed E-state index contributed by atoms with van der Waals surface area (Å²) in [5.41, 5.74) is 3.02. The fourth-order valence-electron chi connectivity index (χ4n) is 5.72. The number of likely N-dealkylation sites (tertiary alicyclic amines) is 1. The van der Waals surface area contributed by atoms with Crippen molar-refractivity contribution in [3.8, 4) is 0 Å². The minimum atomic E-state index is -1.06. The molecule has 2 aromatic heterocycles. The van der Waals surface area contributed by atoms with Crippen molar-refractivity contribution in [3.63, 3.8) is 0 Å². The van der Waals surface area contributed by atoms with Crippen LogP contribution in [0.15, 0.2) is 42.6 Å². The average Bonchev–Trinajstić information content (AvgIpc) is 3.40. The van der Waals surface area contributed by atoms with E-state index in [2.05, 4.69) is 45.2 Å². The highest BCUT2D eigenvalue weighted by atomic mass is 16.3. The molecule has 1 aromatic carbocycles. The van der Waals surface area contributed by atoms with Crippen LogP contribution in [-0.4, -0.2) is 61.3 Å². The first-order valence-electron chi connectivity index (χ1n) is 12.4. The Morgan fingerprint density at radius 1 is 1.11 bits per heavy atom. The van der Waals surface area contributed by atoms with Crippen molar-refractivity contribution in [2.24, 2.45) is 7.05 Å². The van der Waals surface area contributed by atoms with Gasteiger partial charge in [-0.1, -0.05) is 6.07 Å². The van der Waals surface area contributed by atoms with E-state index in [1.165, 1.54) is 21.4 Å². The number of amides is 3. The van der Waals surface area contributed by atoms with Gasteiger partial charge in [0.25, 0.3) is 5.91 Å². The van der Waals surface area contributed by atoms with Crippen LogP contribution in [0.5, 0.6) is 0 Å². The monoisotopic (exact) mass is 487 g/mol. The van der Waals surface area contributed by atoms with Gasteiger partial charge in [-0.2, -0.15) is 0 Å². The largest absolute Gasteiger partial charge is 0.383 e. The van der Waals surface area contributed by atoms with Crippen molar-refractivity contribution < 1.29 is 19.5 Å². The molecule has 3 aromatic rings. The third-order valence-corrected chi connectivity index (χ3v) is 7.89. The molecule has 36 heavy (non-hydrogen) atoms. The molecule has 0 spiro atoms. The van der Waals surface area contributed by atoms with Gasteiger partial charge in [-0.15, -0.1) is 0 Å². The molecule has 1 atom stereocenters. The first-order chi connectivity index (χ1) is 17.3. The number of hydrogen-bond donors (Lipinski definition) is 2. The standard InChI is InChI=1S/C27H29N5O4/c1-30-11-8-18-14-17(2-4-21(18)30)15-31-12-9-27(36,10-13-31)23-6-3-19-20(28-23)16-32(26(19)35)22-5-7-24(33)29-25(22)34/h2-4,6,8,11,14,22,36H,5,7,9-10,12-13,15-16H2,1H3,(H,29,33,34). The van der Waals surface area contributed by atoms with Crippen LogP contribution in [-0.2, 0) is 35.3 Å². The summed E-state index contributed by atoms with van der Waals surface area (Å²) in [4.78, 5) is 45.2. The van der Waals surface area contributed by atoms with Gasteiger partial charge < -0.3 is 14.6 Å². The van der Waals surface area contributed by atoms with Crippen LogP contribution < -0.4 is 5.32 Å². The van der Waals surface area contributed by atoms with Crippen LogP contribution >= 0.6 is 0 Å². The first kappa shape index (κ1) is 22.9. The molecular weight excluding hydrogens is 458 g/mol. The van der Waals surface area contributed by atoms with Gasteiger partial charge in [-0.25, -0.2) is 0 Å². The summed E-state index contributed by atoms with van der Waals surface area (Å²) >= 11 is 0. The Morgan fingerprint density at radius 3 is 2.69 bits per heavy atom. The molecule has 3 aliphatic heterocycles. The quantitative estimate of drug-likeness (QED) is 0.544. The SMILES string of the molecule is Cn1ccc2cc(CN3CCC(O)(c4ccc5c(n4)CN(C4CCC(=O)NC4=O)C5=O)CC3)ccc21. The van der Waals surface area contributed by atoms with E-state index in [4.69, 9.17) is 4.98 Å². The molecule has 1 unspecified atom stereocenters. The van der Waals surface area contributed by atoms with Gasteiger partial charge in [0, 0.05) is 44.8 Å². The third-order valence-electron chi connectivity index (χ3n) is 7.89. The predicted molar refractivity (Wildman–Crippen MR) is 132 cm³/mol. The number of rotatable bonds is 4. The summed E-state index contributed by atoms with van der Waals surface area (Å²) in [5, 5.41) is 15.0. The maximum Gasteiger partial charge on any atom is 0.256 e. The lowest BCUT2D eigenvalue weighted by Crippen LogP contribution is -2.52. The lowest BCUT2D eigenvalue weighted by Gasteiger charge is -2.38. The first-order valence-corrected chi connectivity index (χ1v) is 12.4. The summed E-state index contributed by atoms with van der Waals surface area (Å²) in [6, 6.07) is 11.4. The van der Waals surface area contributed by atoms with Crippen LogP contribution in [0.2, 0.25) is 0 Å². The van der Waals surface area contributed by atoms with Crippen molar-refractivity contribution in [1.29, 1.82) is 0 Å². The summed E-state index contributed by atoms with van der Waals surface area (Å²) in [6.45, 7) is 2.51. The topological polar surface area (TPSA) is 108 Å². The molecule has 2 saturated heterocycles. The van der Waals surface area contributed by atoms with Crippen molar-refractivity contribution in [2.45, 2.75) is 50.4 Å². The predicted octanol–water partition coefficient (Wildman–Crippen LogP) is 1.82. The normalized spacial score (nSPS) is 22.2. The number of carbonyl (C=O) groups is 3. The minimum Gasteiger partial charge on any atom is -0.383 e. The second kappa shape index (κ2) is 8.53. The summed E-state index contributed by atoms with van der Waals surface area (Å²) in [5.74, 6) is -1.00. The number of aliphatic hydroxyl groups is 1. The highest BCUT2D eigenvalue weighted by molar-refractivity contribution is 6.05. The molecule has 0 bridgehead atoms. The van der Waals surface area contributed by atoms with E-state index in [1.807, 2.05) is 7.05 Å². The minimum absolute atomic E-state index is 0.207. The smallest absolute Gasteiger partial charge is 0.256 e. The van der Waals surface area contributed by atoms with E-state index in [1.54, 1.807) is 12.1 Å². The number of piperidine rings is 2. The molecule has 0 radical (unpaired) electrons. The lowest BCUT2D eigenvalue weighted by molar-refractivity contribution is -0.136. The van der Waals surface area contributed by atoms with Gasteiger partial charge in [0.05, 0.1) is 23.5 Å². The summed E-state index contributed by atoms with van der Waals surface area (Å²) in [7, 11) is 2.04. The molecule has 5 heterocycles. The highest BCUT2D eigenvalue weighted by Crippen LogP contribution is 2.35. The molecule has 0 aliphatic carbocycles. The fourth-order valence-corrected chi connectivity index (χ4v) is 5.72. The highest BCUT2D eigenvalue weighted by Gasteiger charge is 2.41. The number of imide groups is 1. The van der Waals surface area contributed by atoms with Gasteiger partial charge in [-0.3, -0.25) is 29.6 Å². The third kappa shape index (κ3) is 3.88. The Hall–Kier alpha value is -3.56. The van der Waals surface area contributed by atoms with E-state index >= 15 is 0 Å². The summed E-state index contributed by atoms with van der Waals surface area (Å²) in [6.07, 6.45) is 3.70. The Morgan fingerprint density at radius 2 is 1.92 bits per heavy atom. The number of aryl methyl sites for hydroxylation is 1. The van der Waals surface area contributed by atoms with Crippen molar-refractivity contribution in [3.05, 3.63) is 65.1 Å². The molecule has 186 valence electrons. The number of nitrogens with one attached hydrogen (secondary N) is 1. The lowest BCUT2D eigenvalue weighted by atomic mass is 9.87. The molecule has 3 aliphatic rings. The maximum atomic E-state index is 12.9. The van der Waals surface area contributed by atoms with Crippen LogP contribution in [0, 0.1) is 0 Å². The zero-order valence-electron chi connectivity index (χ0n) is 20.2. The van der Waals surface area contributed by atoms with Crippen molar-refractivity contribution in [1.82, 2.24) is 24.7 Å². The van der Waals surface area contributed by atoms with Crippen molar-refractivity contribution >= 4 is 28.6 Å². The van der Waals surface area contributed by atoms with Crippen LogP contribution in [0.25, 0.3) is 10.9 Å². The summed E-state index contributed by atoms with van der Waals surface area (Å²) < 4.78 is 2.11. The molecule has 9 nitrogen and oxygen atoms in total. The number of fused-ring (bicyclic) bond motifs is 2. The molecule has 0 saturated carbocycles.